The van der Waals surface area contributed by atoms with E-state index in [1.54, 1.807) is 6.26 Å². The van der Waals surface area contributed by atoms with Crippen LogP contribution in [0.25, 0.3) is 21.7 Å². The molecule has 1 heterocycles. The Morgan fingerprint density at radius 3 is 2.80 bits per heavy atom. The lowest BCUT2D eigenvalue weighted by Crippen LogP contribution is -1.75. The second-order valence-electron chi connectivity index (χ2n) is 3.36. The fourth-order valence-corrected chi connectivity index (χ4v) is 2.59. The molecule has 0 saturated carbocycles. The van der Waals surface area contributed by atoms with Crippen LogP contribution in [0.1, 0.15) is 0 Å². The first kappa shape index (κ1) is 9.25. The predicted molar refractivity (Wildman–Crippen MR) is 66.4 cm³/mol. The Labute approximate surface area is 99.8 Å². The molecule has 0 aliphatic carbocycles. The summed E-state index contributed by atoms with van der Waals surface area (Å²) >= 11 is 9.67. The SMILES string of the molecule is Clc1cccc2ccc3occ(Br)c3c12. The maximum Gasteiger partial charge on any atom is 0.135 e. The predicted octanol–water partition coefficient (Wildman–Crippen LogP) is 5.00. The van der Waals surface area contributed by atoms with E-state index in [-0.39, 0.29) is 0 Å². The molecule has 0 spiro atoms. The van der Waals surface area contributed by atoms with Crippen molar-refractivity contribution in [1.29, 1.82) is 0 Å². The largest absolute Gasteiger partial charge is 0.463 e. The molecule has 0 aliphatic rings. The van der Waals surface area contributed by atoms with E-state index < -0.39 is 0 Å². The molecule has 0 radical (unpaired) electrons. The fraction of sp³-hybridized carbons (Fsp3) is 0. The number of halogens is 2. The van der Waals surface area contributed by atoms with E-state index in [9.17, 15) is 0 Å². The second-order valence-corrected chi connectivity index (χ2v) is 4.62. The Morgan fingerprint density at radius 1 is 1.07 bits per heavy atom. The fourth-order valence-electron chi connectivity index (χ4n) is 1.82. The minimum Gasteiger partial charge on any atom is -0.463 e. The van der Waals surface area contributed by atoms with E-state index >= 15 is 0 Å². The average Bonchev–Trinajstić information content (AvgIpc) is 2.61. The first-order valence-electron chi connectivity index (χ1n) is 4.51. The van der Waals surface area contributed by atoms with E-state index in [0.29, 0.717) is 0 Å². The first-order chi connectivity index (χ1) is 7.27. The molecule has 74 valence electrons. The molecule has 0 bridgehead atoms. The molecular formula is C12H6BrClO. The highest BCUT2D eigenvalue weighted by Crippen LogP contribution is 2.36. The normalized spacial score (nSPS) is 11.3. The zero-order valence-electron chi connectivity index (χ0n) is 7.63. The molecule has 0 atom stereocenters. The van der Waals surface area contributed by atoms with Gasteiger partial charge in [-0.1, -0.05) is 29.8 Å². The molecule has 15 heavy (non-hydrogen) atoms. The van der Waals surface area contributed by atoms with Crippen LogP contribution in [-0.2, 0) is 0 Å². The molecule has 2 aromatic carbocycles. The van der Waals surface area contributed by atoms with Crippen LogP contribution < -0.4 is 0 Å². The van der Waals surface area contributed by atoms with Crippen LogP contribution in [0, 0.1) is 0 Å². The Kier molecular flexibility index (Phi) is 2.01. The number of furan rings is 1. The van der Waals surface area contributed by atoms with Crippen molar-refractivity contribution in [3.63, 3.8) is 0 Å². The monoisotopic (exact) mass is 280 g/mol. The van der Waals surface area contributed by atoms with Crippen LogP contribution in [0.5, 0.6) is 0 Å². The van der Waals surface area contributed by atoms with Gasteiger partial charge >= 0.3 is 0 Å². The van der Waals surface area contributed by atoms with Crippen molar-refractivity contribution in [2.75, 3.05) is 0 Å². The molecule has 1 aromatic heterocycles. The molecule has 3 heteroatoms. The summed E-state index contributed by atoms with van der Waals surface area (Å²) in [5.41, 5.74) is 0.850. The van der Waals surface area contributed by atoms with Crippen LogP contribution in [0.4, 0.5) is 0 Å². The Balaban J connectivity index is 2.68. The molecule has 0 unspecified atom stereocenters. The molecule has 3 rings (SSSR count). The van der Waals surface area contributed by atoms with Gasteiger partial charge in [-0.3, -0.25) is 0 Å². The summed E-state index contributed by atoms with van der Waals surface area (Å²) in [7, 11) is 0. The van der Waals surface area contributed by atoms with Gasteiger partial charge in [0.05, 0.1) is 4.47 Å². The molecule has 3 aromatic rings. The van der Waals surface area contributed by atoms with E-state index in [2.05, 4.69) is 15.9 Å². The number of hydrogen-bond acceptors (Lipinski definition) is 1. The lowest BCUT2D eigenvalue weighted by Gasteiger charge is -2.01. The van der Waals surface area contributed by atoms with Crippen LogP contribution in [-0.4, -0.2) is 0 Å². The highest BCUT2D eigenvalue weighted by Gasteiger charge is 2.09. The van der Waals surface area contributed by atoms with Gasteiger partial charge in [0, 0.05) is 15.8 Å². The lowest BCUT2D eigenvalue weighted by molar-refractivity contribution is 0.614. The van der Waals surface area contributed by atoms with Gasteiger partial charge in [-0.25, -0.2) is 0 Å². The number of benzene rings is 2. The van der Waals surface area contributed by atoms with Crippen molar-refractivity contribution in [2.45, 2.75) is 0 Å². The zero-order valence-corrected chi connectivity index (χ0v) is 9.97. The number of hydrogen-bond donors (Lipinski definition) is 0. The third kappa shape index (κ3) is 1.29. The molecule has 0 amide bonds. The minimum absolute atomic E-state index is 0.750. The van der Waals surface area contributed by atoms with Gasteiger partial charge in [-0.05, 0) is 33.4 Å². The quantitative estimate of drug-likeness (QED) is 0.565. The number of fused-ring (bicyclic) bond motifs is 3. The van der Waals surface area contributed by atoms with Crippen LogP contribution in [0.2, 0.25) is 5.02 Å². The second kappa shape index (κ2) is 3.26. The maximum atomic E-state index is 6.20. The zero-order chi connectivity index (χ0) is 10.4. The van der Waals surface area contributed by atoms with Crippen molar-refractivity contribution in [3.8, 4) is 0 Å². The van der Waals surface area contributed by atoms with Crippen LogP contribution in [0.15, 0.2) is 45.5 Å². The van der Waals surface area contributed by atoms with E-state index in [4.69, 9.17) is 16.0 Å². The van der Waals surface area contributed by atoms with Crippen molar-refractivity contribution in [3.05, 3.63) is 46.1 Å². The smallest absolute Gasteiger partial charge is 0.135 e. The van der Waals surface area contributed by atoms with Crippen molar-refractivity contribution >= 4 is 49.3 Å². The van der Waals surface area contributed by atoms with Crippen LogP contribution >= 0.6 is 27.5 Å². The summed E-state index contributed by atoms with van der Waals surface area (Å²) in [5.74, 6) is 0. The topological polar surface area (TPSA) is 13.1 Å². The van der Waals surface area contributed by atoms with Crippen LogP contribution in [0.3, 0.4) is 0 Å². The van der Waals surface area contributed by atoms with E-state index in [0.717, 1.165) is 31.2 Å². The number of rotatable bonds is 0. The standard InChI is InChI=1S/C12H6BrClO/c13-8-6-15-10-5-4-7-2-1-3-9(14)11(7)12(8)10/h1-6H. The Morgan fingerprint density at radius 2 is 1.93 bits per heavy atom. The first-order valence-corrected chi connectivity index (χ1v) is 5.68. The molecule has 1 nitrogen and oxygen atoms in total. The van der Waals surface area contributed by atoms with Gasteiger partial charge in [0.1, 0.15) is 11.8 Å². The third-order valence-electron chi connectivity index (χ3n) is 2.48. The van der Waals surface area contributed by atoms with Gasteiger partial charge in [0.25, 0.3) is 0 Å². The highest BCUT2D eigenvalue weighted by atomic mass is 79.9. The summed E-state index contributed by atoms with van der Waals surface area (Å²) in [6.45, 7) is 0. The molecular weight excluding hydrogens is 275 g/mol. The molecule has 0 fully saturated rings. The maximum absolute atomic E-state index is 6.20. The van der Waals surface area contributed by atoms with Gasteiger partial charge in [-0.15, -0.1) is 0 Å². The summed E-state index contributed by atoms with van der Waals surface area (Å²) in [6, 6.07) is 9.85. The Hall–Kier alpha value is -0.990. The van der Waals surface area contributed by atoms with Gasteiger partial charge in [-0.2, -0.15) is 0 Å². The lowest BCUT2D eigenvalue weighted by atomic mass is 10.1. The third-order valence-corrected chi connectivity index (χ3v) is 3.38. The molecule has 0 N–H and O–H groups in total. The summed E-state index contributed by atoms with van der Waals surface area (Å²) < 4.78 is 6.35. The molecule has 0 aliphatic heterocycles. The Bertz CT molecular complexity index is 657. The van der Waals surface area contributed by atoms with E-state index in [1.165, 1.54) is 0 Å². The molecule has 0 saturated heterocycles. The van der Waals surface area contributed by atoms with Gasteiger partial charge < -0.3 is 4.42 Å². The summed E-state index contributed by atoms with van der Waals surface area (Å²) in [5, 5.41) is 3.95. The van der Waals surface area contributed by atoms with E-state index in [1.807, 2.05) is 30.3 Å². The van der Waals surface area contributed by atoms with Crippen molar-refractivity contribution in [2.24, 2.45) is 0 Å². The highest BCUT2D eigenvalue weighted by molar-refractivity contribution is 9.10. The van der Waals surface area contributed by atoms with Crippen molar-refractivity contribution < 1.29 is 4.42 Å². The van der Waals surface area contributed by atoms with Gasteiger partial charge in [0.2, 0.25) is 0 Å². The summed E-state index contributed by atoms with van der Waals surface area (Å²) in [6.07, 6.45) is 1.69. The van der Waals surface area contributed by atoms with Gasteiger partial charge in [0.15, 0.2) is 0 Å². The summed E-state index contributed by atoms with van der Waals surface area (Å²) in [4.78, 5) is 0. The van der Waals surface area contributed by atoms with Crippen molar-refractivity contribution in [1.82, 2.24) is 0 Å². The minimum atomic E-state index is 0.750. The average molecular weight is 282 g/mol.